The van der Waals surface area contributed by atoms with Crippen LogP contribution in [-0.4, -0.2) is 17.2 Å². The Morgan fingerprint density at radius 2 is 1.83 bits per heavy atom. The van der Waals surface area contributed by atoms with Gasteiger partial charge in [0.1, 0.15) is 0 Å². The van der Waals surface area contributed by atoms with Crippen LogP contribution >= 0.6 is 0 Å². The lowest BCUT2D eigenvalue weighted by Gasteiger charge is -2.30. The molecule has 4 heteroatoms. The molecule has 0 bridgehead atoms. The number of para-hydroxylation sites is 1. The molecule has 0 aromatic heterocycles. The number of carbonyl (C=O) groups is 1. The van der Waals surface area contributed by atoms with Crippen molar-refractivity contribution in [2.75, 3.05) is 5.32 Å². The summed E-state index contributed by atoms with van der Waals surface area (Å²) in [6.07, 6.45) is 0.797. The van der Waals surface area contributed by atoms with Crippen molar-refractivity contribution in [3.8, 4) is 6.07 Å². The van der Waals surface area contributed by atoms with Crippen molar-refractivity contribution in [3.63, 3.8) is 0 Å². The van der Waals surface area contributed by atoms with Crippen LogP contribution in [0.4, 0.5) is 5.69 Å². The van der Waals surface area contributed by atoms with E-state index in [-0.39, 0.29) is 11.4 Å². The van der Waals surface area contributed by atoms with E-state index in [9.17, 15) is 10.1 Å². The third-order valence-corrected chi connectivity index (χ3v) is 4.05. The number of nitrogens with one attached hydrogen (secondary N) is 1. The van der Waals surface area contributed by atoms with Crippen LogP contribution in [0, 0.1) is 17.2 Å². The minimum absolute atomic E-state index is 0.328. The van der Waals surface area contributed by atoms with Gasteiger partial charge in [-0.25, -0.2) is 0 Å². The van der Waals surface area contributed by atoms with Crippen molar-refractivity contribution >= 4 is 17.3 Å². The van der Waals surface area contributed by atoms with Gasteiger partial charge >= 0.3 is 0 Å². The van der Waals surface area contributed by atoms with Gasteiger partial charge in [0.15, 0.2) is 5.92 Å². The summed E-state index contributed by atoms with van der Waals surface area (Å²) in [7, 11) is 0. The van der Waals surface area contributed by atoms with Gasteiger partial charge in [-0.1, -0.05) is 42.5 Å². The number of benzene rings is 2. The summed E-state index contributed by atoms with van der Waals surface area (Å²) in [6.45, 7) is 4.04. The molecule has 1 atom stereocenters. The molecule has 2 aromatic carbocycles. The molecule has 2 aromatic rings. The first-order valence-electron chi connectivity index (χ1n) is 7.94. The molecule has 3 rings (SSSR count). The standard InChI is InChI=1S/C20H19N3O/c1-20(2)12-14-8-6-7-11-16(14)18(23-20)17(13-21)19(24)22-15-9-4-3-5-10-15/h3-11,17H,12H2,1-2H3,(H,22,24). The second-order valence-electron chi connectivity index (χ2n) is 6.56. The monoisotopic (exact) mass is 317 g/mol. The number of hydrogen-bond acceptors (Lipinski definition) is 3. The lowest BCUT2D eigenvalue weighted by molar-refractivity contribution is -0.116. The van der Waals surface area contributed by atoms with E-state index in [1.54, 1.807) is 12.1 Å². The maximum Gasteiger partial charge on any atom is 0.247 e. The second kappa shape index (κ2) is 6.29. The van der Waals surface area contributed by atoms with Crippen molar-refractivity contribution in [3.05, 3.63) is 65.7 Å². The molecule has 24 heavy (non-hydrogen) atoms. The molecule has 1 aliphatic rings. The number of hydrogen-bond donors (Lipinski definition) is 1. The largest absolute Gasteiger partial charge is 0.325 e. The van der Waals surface area contributed by atoms with E-state index in [1.165, 1.54) is 0 Å². The minimum atomic E-state index is -0.939. The molecule has 0 aliphatic carbocycles. The smallest absolute Gasteiger partial charge is 0.247 e. The van der Waals surface area contributed by atoms with Gasteiger partial charge in [0.2, 0.25) is 5.91 Å². The van der Waals surface area contributed by atoms with Crippen LogP contribution in [0.25, 0.3) is 0 Å². The van der Waals surface area contributed by atoms with Gasteiger partial charge in [0.25, 0.3) is 0 Å². The van der Waals surface area contributed by atoms with Gasteiger partial charge in [-0.05, 0) is 38.0 Å². The fourth-order valence-electron chi connectivity index (χ4n) is 3.02. The van der Waals surface area contributed by atoms with Gasteiger partial charge in [0, 0.05) is 11.3 Å². The average Bonchev–Trinajstić information content (AvgIpc) is 2.55. The number of carbonyl (C=O) groups excluding carboxylic acids is 1. The number of nitrogens with zero attached hydrogens (tertiary/aromatic N) is 2. The van der Waals surface area contributed by atoms with Crippen LogP contribution < -0.4 is 5.32 Å². The molecule has 120 valence electrons. The van der Waals surface area contributed by atoms with E-state index < -0.39 is 5.92 Å². The Bertz CT molecular complexity index is 831. The zero-order valence-corrected chi connectivity index (χ0v) is 13.8. The van der Waals surface area contributed by atoms with E-state index in [2.05, 4.69) is 11.4 Å². The first-order valence-corrected chi connectivity index (χ1v) is 7.94. The highest BCUT2D eigenvalue weighted by atomic mass is 16.1. The number of amides is 1. The molecule has 0 fully saturated rings. The SMILES string of the molecule is CC1(C)Cc2ccccc2C(C(C#N)C(=O)Nc2ccccc2)=N1. The predicted molar refractivity (Wildman–Crippen MR) is 94.9 cm³/mol. The summed E-state index contributed by atoms with van der Waals surface area (Å²) < 4.78 is 0. The number of rotatable bonds is 3. The Kier molecular flexibility index (Phi) is 4.18. The van der Waals surface area contributed by atoms with Crippen molar-refractivity contribution < 1.29 is 4.79 Å². The third-order valence-electron chi connectivity index (χ3n) is 4.05. The topological polar surface area (TPSA) is 65.2 Å². The summed E-state index contributed by atoms with van der Waals surface area (Å²) in [5, 5.41) is 12.4. The quantitative estimate of drug-likeness (QED) is 0.940. The molecule has 1 unspecified atom stereocenters. The lowest BCUT2D eigenvalue weighted by Crippen LogP contribution is -2.36. The highest BCUT2D eigenvalue weighted by Crippen LogP contribution is 2.29. The van der Waals surface area contributed by atoms with E-state index in [0.717, 1.165) is 17.5 Å². The summed E-state index contributed by atoms with van der Waals surface area (Å²) in [5.74, 6) is -1.29. The molecule has 0 saturated carbocycles. The average molecular weight is 317 g/mol. The summed E-state index contributed by atoms with van der Waals surface area (Å²) >= 11 is 0. The summed E-state index contributed by atoms with van der Waals surface area (Å²) in [4.78, 5) is 17.4. The number of aliphatic imine (C=N–C) groups is 1. The van der Waals surface area contributed by atoms with Crippen LogP contribution in [0.5, 0.6) is 0 Å². The Labute approximate surface area is 141 Å². The number of anilines is 1. The van der Waals surface area contributed by atoms with E-state index in [0.29, 0.717) is 11.4 Å². The van der Waals surface area contributed by atoms with Crippen molar-refractivity contribution in [1.29, 1.82) is 5.26 Å². The maximum atomic E-state index is 12.6. The van der Waals surface area contributed by atoms with Gasteiger partial charge in [-0.3, -0.25) is 9.79 Å². The molecule has 1 N–H and O–H groups in total. The first-order chi connectivity index (χ1) is 11.5. The molecule has 1 aliphatic heterocycles. The Hall–Kier alpha value is -2.93. The van der Waals surface area contributed by atoms with Crippen LogP contribution in [0.3, 0.4) is 0 Å². The number of nitriles is 1. The Morgan fingerprint density at radius 3 is 2.54 bits per heavy atom. The van der Waals surface area contributed by atoms with Crippen molar-refractivity contribution in [2.45, 2.75) is 25.8 Å². The maximum absolute atomic E-state index is 12.6. The first kappa shape index (κ1) is 15.9. The fraction of sp³-hybridized carbons (Fsp3) is 0.250. The molecule has 0 saturated heterocycles. The van der Waals surface area contributed by atoms with Gasteiger partial charge in [0.05, 0.1) is 17.3 Å². The normalized spacial score (nSPS) is 16.3. The summed E-state index contributed by atoms with van der Waals surface area (Å²) in [5.41, 5.74) is 2.92. The highest BCUT2D eigenvalue weighted by Gasteiger charge is 2.33. The Morgan fingerprint density at radius 1 is 1.17 bits per heavy atom. The molecule has 0 radical (unpaired) electrons. The van der Waals surface area contributed by atoms with Crippen LogP contribution in [0.15, 0.2) is 59.6 Å². The molecule has 1 amide bonds. The molecular formula is C20H19N3O. The second-order valence-corrected chi connectivity index (χ2v) is 6.56. The third kappa shape index (κ3) is 3.21. The van der Waals surface area contributed by atoms with Gasteiger partial charge < -0.3 is 5.32 Å². The van der Waals surface area contributed by atoms with E-state index in [1.807, 2.05) is 56.3 Å². The Balaban J connectivity index is 1.96. The number of fused-ring (bicyclic) bond motifs is 1. The molecule has 4 nitrogen and oxygen atoms in total. The predicted octanol–water partition coefficient (Wildman–Crippen LogP) is 3.59. The zero-order chi connectivity index (χ0) is 17.2. The molecular weight excluding hydrogens is 298 g/mol. The fourth-order valence-corrected chi connectivity index (χ4v) is 3.02. The van der Waals surface area contributed by atoms with Crippen LogP contribution in [-0.2, 0) is 11.2 Å². The van der Waals surface area contributed by atoms with E-state index >= 15 is 0 Å². The summed E-state index contributed by atoms with van der Waals surface area (Å²) in [6, 6.07) is 19.1. The molecule has 0 spiro atoms. The lowest BCUT2D eigenvalue weighted by atomic mass is 9.83. The molecule has 1 heterocycles. The highest BCUT2D eigenvalue weighted by molar-refractivity contribution is 6.19. The van der Waals surface area contributed by atoms with Crippen LogP contribution in [0.1, 0.15) is 25.0 Å². The van der Waals surface area contributed by atoms with E-state index in [4.69, 9.17) is 4.99 Å². The zero-order valence-electron chi connectivity index (χ0n) is 13.8. The van der Waals surface area contributed by atoms with Crippen LogP contribution in [0.2, 0.25) is 0 Å². The van der Waals surface area contributed by atoms with Gasteiger partial charge in [-0.15, -0.1) is 0 Å². The van der Waals surface area contributed by atoms with Crippen molar-refractivity contribution in [1.82, 2.24) is 0 Å². The van der Waals surface area contributed by atoms with Gasteiger partial charge in [-0.2, -0.15) is 5.26 Å². The van der Waals surface area contributed by atoms with Crippen molar-refractivity contribution in [2.24, 2.45) is 10.9 Å². The minimum Gasteiger partial charge on any atom is -0.325 e.